The first kappa shape index (κ1) is 46.4. The lowest BCUT2D eigenvalue weighted by Crippen LogP contribution is -2.55. The molecule has 4 N–H and O–H groups in total. The molecule has 4 aliphatic rings. The minimum absolute atomic E-state index is 0.0170. The number of carbonyl (C=O) groups is 4. The van der Waals surface area contributed by atoms with Gasteiger partial charge in [-0.1, -0.05) is 63.8 Å². The summed E-state index contributed by atoms with van der Waals surface area (Å²) in [5.74, 6) is -2.90. The number of ether oxygens (including phenoxy) is 5. The van der Waals surface area contributed by atoms with Crippen LogP contribution in [-0.2, 0) is 38.1 Å². The Morgan fingerprint density at radius 3 is 2.37 bits per heavy atom. The number of hydrogen-bond donors (Lipinski definition) is 4. The molecule has 2 saturated heterocycles. The van der Waals surface area contributed by atoms with Gasteiger partial charge >= 0.3 is 11.9 Å². The molecule has 0 spiro atoms. The molecule has 13 heteroatoms. The molecule has 0 radical (unpaired) electrons. The Kier molecular flexibility index (Phi) is 16.7. The highest BCUT2D eigenvalue weighted by atomic mass is 16.8. The van der Waals surface area contributed by atoms with E-state index in [0.717, 1.165) is 63.4 Å². The first-order valence-electron chi connectivity index (χ1n) is 22.0. The van der Waals surface area contributed by atoms with Gasteiger partial charge in [-0.3, -0.25) is 14.4 Å². The van der Waals surface area contributed by atoms with Gasteiger partial charge in [-0.05, 0) is 95.9 Å². The summed E-state index contributed by atoms with van der Waals surface area (Å²) in [4.78, 5) is 53.7. The molecule has 5 rings (SSSR count). The molecule has 1 saturated carbocycles. The fraction of sp³-hybridized carbons (Fsp3) is 0.696. The number of epoxide rings is 1. The summed E-state index contributed by atoms with van der Waals surface area (Å²) in [7, 11) is 0. The fourth-order valence-corrected chi connectivity index (χ4v) is 8.26. The van der Waals surface area contributed by atoms with Gasteiger partial charge in [0.25, 0.3) is 0 Å². The lowest BCUT2D eigenvalue weighted by molar-refractivity contribution is -0.190. The summed E-state index contributed by atoms with van der Waals surface area (Å²) < 4.78 is 30.8. The lowest BCUT2D eigenvalue weighted by atomic mass is 9.88. The second-order valence-corrected chi connectivity index (χ2v) is 17.8. The van der Waals surface area contributed by atoms with Gasteiger partial charge in [0.15, 0.2) is 5.79 Å². The van der Waals surface area contributed by atoms with Crippen LogP contribution in [0, 0.1) is 5.92 Å². The minimum atomic E-state index is -1.40. The fourth-order valence-electron chi connectivity index (χ4n) is 8.26. The molecule has 3 fully saturated rings. The zero-order valence-corrected chi connectivity index (χ0v) is 35.9. The van der Waals surface area contributed by atoms with Crippen LogP contribution in [0.15, 0.2) is 42.0 Å². The molecule has 0 aromatic heterocycles. The summed E-state index contributed by atoms with van der Waals surface area (Å²) in [6, 6.07) is 5.04. The average Bonchev–Trinajstić information content (AvgIpc) is 3.88. The van der Waals surface area contributed by atoms with Gasteiger partial charge in [-0.2, -0.15) is 0 Å². The van der Waals surface area contributed by atoms with E-state index in [0.29, 0.717) is 36.5 Å². The standard InChI is InChI=1S/C46H68N2O11/c1-7-9-11-22-46(23-12-10-8-2)57-38-27-33(42(52)48-40(29(3)50)43(53)47-34(28-49)19-21-39(51)58-45(4,5)6)26-37(41(38)59-46)56-44(54)32-15-13-14-30(24-32)16-17-31-18-20-35-36(25-31)55-35/h13-17,24,27,29,31,34-38,40-41,49-50H,7-12,18-23,25-26,28H2,1-6H3,(H,47,53)(H,48,52)/t29-,31?,34-,35?,36?,37+,38+,40+,41-/m0/s1. The Bertz CT molecular complexity index is 1640. The molecule has 1 aromatic rings. The van der Waals surface area contributed by atoms with Crippen LogP contribution in [0.3, 0.4) is 0 Å². The van der Waals surface area contributed by atoms with Gasteiger partial charge in [0.05, 0.1) is 36.5 Å². The van der Waals surface area contributed by atoms with Crippen molar-refractivity contribution < 1.29 is 53.1 Å². The Morgan fingerprint density at radius 2 is 1.73 bits per heavy atom. The smallest absolute Gasteiger partial charge is 0.338 e. The van der Waals surface area contributed by atoms with Crippen LogP contribution in [-0.4, -0.2) is 101 Å². The van der Waals surface area contributed by atoms with Gasteiger partial charge in [0, 0.05) is 31.3 Å². The number of benzene rings is 1. The molecule has 1 aromatic carbocycles. The molecular weight excluding hydrogens is 757 g/mol. The van der Waals surface area contributed by atoms with Crippen LogP contribution in [0.5, 0.6) is 0 Å². The third-order valence-corrected chi connectivity index (χ3v) is 11.5. The van der Waals surface area contributed by atoms with E-state index in [4.69, 9.17) is 23.7 Å². The van der Waals surface area contributed by atoms with E-state index in [2.05, 4.69) is 30.6 Å². The molecular formula is C46H68N2O11. The predicted molar refractivity (Wildman–Crippen MR) is 222 cm³/mol. The highest BCUT2D eigenvalue weighted by Gasteiger charge is 2.52. The summed E-state index contributed by atoms with van der Waals surface area (Å²) in [6.07, 6.45) is 13.4. The van der Waals surface area contributed by atoms with Crippen LogP contribution >= 0.6 is 0 Å². The molecule has 0 bridgehead atoms. The molecule has 3 unspecified atom stereocenters. The van der Waals surface area contributed by atoms with Gasteiger partial charge in [-0.25, -0.2) is 4.79 Å². The molecule has 2 amide bonds. The maximum atomic E-state index is 14.0. The van der Waals surface area contributed by atoms with Gasteiger partial charge < -0.3 is 44.5 Å². The number of unbranched alkanes of at least 4 members (excludes halogenated alkanes) is 4. The number of fused-ring (bicyclic) bond motifs is 2. The van der Waals surface area contributed by atoms with Crippen molar-refractivity contribution in [1.29, 1.82) is 0 Å². The van der Waals surface area contributed by atoms with Gasteiger partial charge in [-0.15, -0.1) is 0 Å². The van der Waals surface area contributed by atoms with Crippen molar-refractivity contribution in [3.63, 3.8) is 0 Å². The summed E-state index contributed by atoms with van der Waals surface area (Å²) in [5, 5.41) is 26.0. The van der Waals surface area contributed by atoms with Crippen molar-refractivity contribution in [2.24, 2.45) is 5.92 Å². The summed E-state index contributed by atoms with van der Waals surface area (Å²) >= 11 is 0. The van der Waals surface area contributed by atoms with E-state index in [-0.39, 0.29) is 24.8 Å². The number of carbonyl (C=O) groups excluding carboxylic acids is 4. The van der Waals surface area contributed by atoms with Gasteiger partial charge in [0.1, 0.15) is 30.0 Å². The number of amides is 2. The van der Waals surface area contributed by atoms with Crippen LogP contribution in [0.2, 0.25) is 0 Å². The van der Waals surface area contributed by atoms with Crippen molar-refractivity contribution in [1.82, 2.24) is 10.6 Å². The third-order valence-electron chi connectivity index (χ3n) is 11.5. The first-order chi connectivity index (χ1) is 28.1. The highest BCUT2D eigenvalue weighted by Crippen LogP contribution is 2.43. The molecule has 2 aliphatic carbocycles. The van der Waals surface area contributed by atoms with Crippen LogP contribution in [0.4, 0.5) is 0 Å². The number of esters is 2. The maximum Gasteiger partial charge on any atom is 0.338 e. The lowest BCUT2D eigenvalue weighted by Gasteiger charge is -2.32. The number of allylic oxidation sites excluding steroid dienone is 1. The second kappa shape index (κ2) is 21.3. The topological polar surface area (TPSA) is 182 Å². The second-order valence-electron chi connectivity index (χ2n) is 17.8. The molecule has 13 nitrogen and oxygen atoms in total. The molecule has 2 aliphatic heterocycles. The molecule has 2 heterocycles. The Morgan fingerprint density at radius 1 is 1.00 bits per heavy atom. The Hall–Kier alpha value is -3.62. The highest BCUT2D eigenvalue weighted by molar-refractivity contribution is 5.98. The zero-order valence-electron chi connectivity index (χ0n) is 35.9. The first-order valence-corrected chi connectivity index (χ1v) is 22.0. The van der Waals surface area contributed by atoms with Crippen molar-refractivity contribution in [3.8, 4) is 0 Å². The van der Waals surface area contributed by atoms with E-state index < -0.39 is 78.2 Å². The summed E-state index contributed by atoms with van der Waals surface area (Å²) in [6.45, 7) is 10.4. The van der Waals surface area contributed by atoms with Crippen LogP contribution in [0.1, 0.15) is 147 Å². The van der Waals surface area contributed by atoms with E-state index >= 15 is 0 Å². The quantitative estimate of drug-likeness (QED) is 0.0627. The average molecular weight is 825 g/mol. The molecule has 328 valence electrons. The van der Waals surface area contributed by atoms with Crippen LogP contribution in [0.25, 0.3) is 6.08 Å². The summed E-state index contributed by atoms with van der Waals surface area (Å²) in [5.41, 5.74) is 0.780. The minimum Gasteiger partial charge on any atom is -0.460 e. The van der Waals surface area contributed by atoms with Crippen molar-refractivity contribution in [2.45, 2.75) is 192 Å². The largest absolute Gasteiger partial charge is 0.460 e. The van der Waals surface area contributed by atoms with E-state index in [9.17, 15) is 29.4 Å². The predicted octanol–water partition coefficient (Wildman–Crippen LogP) is 6.23. The molecule has 59 heavy (non-hydrogen) atoms. The van der Waals surface area contributed by atoms with E-state index in [1.807, 2.05) is 18.2 Å². The third kappa shape index (κ3) is 13.7. The number of hydrogen-bond acceptors (Lipinski definition) is 11. The Labute approximate surface area is 350 Å². The normalized spacial score (nSPS) is 26.1. The van der Waals surface area contributed by atoms with E-state index in [1.54, 1.807) is 39.0 Å². The number of rotatable bonds is 21. The SMILES string of the molecule is CCCCCC1(CCCCC)O[C@@H]2[C@@H](C=C(C(=O)N[C@@H](C(=O)N[C@H](CO)CCC(=O)OC(C)(C)C)[C@H](C)O)C[C@H]2OC(=O)c2cccc(C=CC3CCC4OC4C3)c2)O1. The Balaban J connectivity index is 1.32. The molecule has 9 atom stereocenters. The van der Waals surface area contributed by atoms with Gasteiger partial charge in [0.2, 0.25) is 11.8 Å². The number of aliphatic hydroxyl groups excluding tert-OH is 2. The maximum absolute atomic E-state index is 14.0. The van der Waals surface area contributed by atoms with Crippen molar-refractivity contribution in [2.75, 3.05) is 6.61 Å². The van der Waals surface area contributed by atoms with E-state index in [1.165, 1.54) is 6.92 Å². The van der Waals surface area contributed by atoms with Crippen molar-refractivity contribution in [3.05, 3.63) is 53.1 Å². The number of aliphatic hydroxyl groups is 2. The van der Waals surface area contributed by atoms with Crippen molar-refractivity contribution >= 4 is 29.8 Å². The monoisotopic (exact) mass is 824 g/mol. The number of nitrogens with one attached hydrogen (secondary N) is 2. The van der Waals surface area contributed by atoms with Crippen LogP contribution < -0.4 is 10.6 Å². The zero-order chi connectivity index (χ0) is 42.7.